The molecule has 14 heavy (non-hydrogen) atoms. The fourth-order valence-electron chi connectivity index (χ4n) is 1.20. The molecule has 0 saturated heterocycles. The maximum absolute atomic E-state index is 5.83. The molecule has 0 aliphatic rings. The van der Waals surface area contributed by atoms with Crippen molar-refractivity contribution in [3.8, 4) is 0 Å². The number of rotatable bonds is 2. The summed E-state index contributed by atoms with van der Waals surface area (Å²) in [6, 6.07) is 3.87. The molecule has 0 spiro atoms. The predicted octanol–water partition coefficient (Wildman–Crippen LogP) is 2.54. The zero-order chi connectivity index (χ0) is 10.1. The highest BCUT2D eigenvalue weighted by Gasteiger charge is 2.05. The number of nitrogen functional groups attached to an aromatic ring is 1. The molecule has 0 aromatic carbocycles. The lowest BCUT2D eigenvalue weighted by atomic mass is 10.4. The normalized spacial score (nSPS) is 10.7. The average Bonchev–Trinajstić information content (AvgIpc) is 2.67. The molecule has 2 heterocycles. The third-order valence-electron chi connectivity index (χ3n) is 2.01. The van der Waals surface area contributed by atoms with E-state index < -0.39 is 0 Å². The lowest BCUT2D eigenvalue weighted by Gasteiger charge is -2.01. The van der Waals surface area contributed by atoms with Gasteiger partial charge in [-0.1, -0.05) is 11.6 Å². The van der Waals surface area contributed by atoms with E-state index in [1.54, 1.807) is 22.2 Å². The Kier molecular flexibility index (Phi) is 2.48. The van der Waals surface area contributed by atoms with Gasteiger partial charge in [-0.05, 0) is 19.1 Å². The molecule has 0 atom stereocenters. The summed E-state index contributed by atoms with van der Waals surface area (Å²) in [5, 5.41) is 4.18. The molecule has 0 radical (unpaired) electrons. The van der Waals surface area contributed by atoms with Crippen molar-refractivity contribution in [2.45, 2.75) is 13.5 Å². The van der Waals surface area contributed by atoms with E-state index in [0.29, 0.717) is 6.54 Å². The average molecular weight is 228 g/mol. The maximum Gasteiger partial charge on any atom is 0.125 e. The van der Waals surface area contributed by atoms with Crippen LogP contribution in [-0.4, -0.2) is 9.78 Å². The van der Waals surface area contributed by atoms with Gasteiger partial charge in [-0.2, -0.15) is 5.10 Å². The van der Waals surface area contributed by atoms with Crippen LogP contribution in [0.2, 0.25) is 4.34 Å². The minimum Gasteiger partial charge on any atom is -0.384 e. The topological polar surface area (TPSA) is 43.8 Å². The van der Waals surface area contributed by atoms with Gasteiger partial charge < -0.3 is 5.73 Å². The Hall–Kier alpha value is -1.00. The number of aryl methyl sites for hydroxylation is 1. The van der Waals surface area contributed by atoms with Gasteiger partial charge in [0, 0.05) is 10.4 Å². The van der Waals surface area contributed by atoms with Crippen molar-refractivity contribution in [2.24, 2.45) is 0 Å². The third kappa shape index (κ3) is 1.76. The molecule has 0 fully saturated rings. The molecule has 0 saturated carbocycles. The first-order valence-electron chi connectivity index (χ1n) is 4.19. The second kappa shape index (κ2) is 3.63. The molecule has 2 aromatic rings. The molecule has 2 rings (SSSR count). The summed E-state index contributed by atoms with van der Waals surface area (Å²) in [7, 11) is 0. The van der Waals surface area contributed by atoms with Gasteiger partial charge in [-0.3, -0.25) is 0 Å². The Labute approximate surface area is 91.1 Å². The van der Waals surface area contributed by atoms with Crippen molar-refractivity contribution in [2.75, 3.05) is 5.73 Å². The number of hydrogen-bond donors (Lipinski definition) is 1. The first-order valence-corrected chi connectivity index (χ1v) is 5.38. The van der Waals surface area contributed by atoms with Gasteiger partial charge >= 0.3 is 0 Å². The Morgan fingerprint density at radius 2 is 2.36 bits per heavy atom. The quantitative estimate of drug-likeness (QED) is 0.857. The summed E-state index contributed by atoms with van der Waals surface area (Å²) >= 11 is 7.38. The number of anilines is 1. The fraction of sp³-hybridized carbons (Fsp3) is 0.222. The first kappa shape index (κ1) is 9.55. The van der Waals surface area contributed by atoms with Gasteiger partial charge in [0.1, 0.15) is 5.82 Å². The van der Waals surface area contributed by atoms with Gasteiger partial charge in [0.25, 0.3) is 0 Å². The van der Waals surface area contributed by atoms with E-state index in [0.717, 1.165) is 20.6 Å². The fourth-order valence-corrected chi connectivity index (χ4v) is 2.27. The molecule has 3 nitrogen and oxygen atoms in total. The summed E-state index contributed by atoms with van der Waals surface area (Å²) in [5.41, 5.74) is 6.84. The Bertz CT molecular complexity index is 447. The van der Waals surface area contributed by atoms with Crippen molar-refractivity contribution in [3.05, 3.63) is 33.1 Å². The Morgan fingerprint density at radius 1 is 1.57 bits per heavy atom. The van der Waals surface area contributed by atoms with Crippen LogP contribution in [0.3, 0.4) is 0 Å². The Morgan fingerprint density at radius 3 is 2.86 bits per heavy atom. The van der Waals surface area contributed by atoms with Gasteiger partial charge in [0.05, 0.1) is 17.1 Å². The van der Waals surface area contributed by atoms with Crippen LogP contribution in [0.4, 0.5) is 5.82 Å². The van der Waals surface area contributed by atoms with Crippen molar-refractivity contribution in [3.63, 3.8) is 0 Å². The molecule has 0 bridgehead atoms. The Balaban J connectivity index is 2.22. The minimum atomic E-state index is 0.692. The van der Waals surface area contributed by atoms with Crippen LogP contribution in [-0.2, 0) is 6.54 Å². The number of nitrogens with zero attached hydrogens (tertiary/aromatic N) is 2. The van der Waals surface area contributed by atoms with E-state index in [2.05, 4.69) is 5.10 Å². The minimum absolute atomic E-state index is 0.692. The second-order valence-corrected chi connectivity index (χ2v) is 4.88. The largest absolute Gasteiger partial charge is 0.384 e. The number of aromatic nitrogens is 2. The zero-order valence-electron chi connectivity index (χ0n) is 7.70. The van der Waals surface area contributed by atoms with Crippen LogP contribution in [0.15, 0.2) is 18.3 Å². The van der Waals surface area contributed by atoms with Crippen molar-refractivity contribution >= 4 is 28.8 Å². The number of thiophene rings is 1. The monoisotopic (exact) mass is 227 g/mol. The second-order valence-electron chi connectivity index (χ2n) is 3.08. The molecule has 5 heteroatoms. The van der Waals surface area contributed by atoms with Gasteiger partial charge in [-0.25, -0.2) is 4.68 Å². The van der Waals surface area contributed by atoms with E-state index in [4.69, 9.17) is 17.3 Å². The molecule has 74 valence electrons. The maximum atomic E-state index is 5.83. The van der Waals surface area contributed by atoms with E-state index in [1.165, 1.54) is 0 Å². The first-order chi connectivity index (χ1) is 6.66. The van der Waals surface area contributed by atoms with Crippen molar-refractivity contribution < 1.29 is 0 Å². The van der Waals surface area contributed by atoms with E-state index in [9.17, 15) is 0 Å². The molecular formula is C9H10ClN3S. The highest BCUT2D eigenvalue weighted by atomic mass is 35.5. The molecule has 0 aliphatic carbocycles. The third-order valence-corrected chi connectivity index (χ3v) is 3.22. The number of nitrogens with two attached hydrogens (primary N) is 1. The summed E-state index contributed by atoms with van der Waals surface area (Å²) in [4.78, 5) is 1.16. The van der Waals surface area contributed by atoms with Crippen LogP contribution in [0.25, 0.3) is 0 Å². The van der Waals surface area contributed by atoms with Crippen LogP contribution >= 0.6 is 22.9 Å². The standard InChI is InChI=1S/C9H10ClN3S/c1-6-4-12-13(9(6)11)5-7-2-3-8(10)14-7/h2-4H,5,11H2,1H3. The SMILES string of the molecule is Cc1cnn(Cc2ccc(Cl)s2)c1N. The van der Waals surface area contributed by atoms with E-state index in [1.807, 2.05) is 19.1 Å². The number of hydrogen-bond acceptors (Lipinski definition) is 3. The lowest BCUT2D eigenvalue weighted by molar-refractivity contribution is 0.705. The van der Waals surface area contributed by atoms with Crippen molar-refractivity contribution in [1.29, 1.82) is 0 Å². The smallest absolute Gasteiger partial charge is 0.125 e. The summed E-state index contributed by atoms with van der Waals surface area (Å²) in [6.45, 7) is 2.64. The molecule has 2 N–H and O–H groups in total. The highest BCUT2D eigenvalue weighted by Crippen LogP contribution is 2.23. The molecule has 0 unspecified atom stereocenters. The van der Waals surface area contributed by atoms with Crippen LogP contribution in [0, 0.1) is 6.92 Å². The molecular weight excluding hydrogens is 218 g/mol. The summed E-state index contributed by atoms with van der Waals surface area (Å²) < 4.78 is 2.57. The van der Waals surface area contributed by atoms with Gasteiger partial charge in [-0.15, -0.1) is 11.3 Å². The molecule has 0 aliphatic heterocycles. The highest BCUT2D eigenvalue weighted by molar-refractivity contribution is 7.16. The molecule has 2 aromatic heterocycles. The van der Waals surface area contributed by atoms with E-state index >= 15 is 0 Å². The number of halogens is 1. The molecule has 0 amide bonds. The predicted molar refractivity (Wildman–Crippen MR) is 59.8 cm³/mol. The van der Waals surface area contributed by atoms with Crippen LogP contribution < -0.4 is 5.73 Å². The van der Waals surface area contributed by atoms with E-state index in [-0.39, 0.29) is 0 Å². The van der Waals surface area contributed by atoms with Gasteiger partial charge in [0.2, 0.25) is 0 Å². The zero-order valence-corrected chi connectivity index (χ0v) is 9.27. The van der Waals surface area contributed by atoms with Crippen LogP contribution in [0.1, 0.15) is 10.4 Å². The summed E-state index contributed by atoms with van der Waals surface area (Å²) in [5.74, 6) is 0.717. The van der Waals surface area contributed by atoms with Crippen LogP contribution in [0.5, 0.6) is 0 Å². The van der Waals surface area contributed by atoms with Gasteiger partial charge in [0.15, 0.2) is 0 Å². The summed E-state index contributed by atoms with van der Waals surface area (Å²) in [6.07, 6.45) is 1.77. The lowest BCUT2D eigenvalue weighted by Crippen LogP contribution is -2.04. The van der Waals surface area contributed by atoms with Crippen molar-refractivity contribution in [1.82, 2.24) is 9.78 Å².